The van der Waals surface area contributed by atoms with Crippen LogP contribution in [0.15, 0.2) is 60.8 Å². The highest BCUT2D eigenvalue weighted by molar-refractivity contribution is 5.81. The lowest BCUT2D eigenvalue weighted by Gasteiger charge is -2.19. The Morgan fingerprint density at radius 3 is 2.47 bits per heavy atom. The van der Waals surface area contributed by atoms with E-state index >= 15 is 0 Å². The lowest BCUT2D eigenvalue weighted by molar-refractivity contribution is 0.171. The number of anilines is 3. The standard InChI is InChI=1S/C24H24N4O2/c1-16-10-11-28-22(14-16)26-23(17-4-7-19(8-5-17)27(2)3)24(28)25-18-6-9-20-21(15-18)30-13-12-29-20/h4-11,14-15,25H,12-13H2,1-3H3. The van der Waals surface area contributed by atoms with E-state index in [9.17, 15) is 0 Å². The summed E-state index contributed by atoms with van der Waals surface area (Å²) in [5.41, 5.74) is 6.12. The average molecular weight is 400 g/mol. The second-order valence-electron chi connectivity index (χ2n) is 7.67. The number of aryl methyl sites for hydroxylation is 1. The fraction of sp³-hybridized carbons (Fsp3) is 0.208. The van der Waals surface area contributed by atoms with Crippen LogP contribution < -0.4 is 19.7 Å². The molecule has 6 heteroatoms. The third-order valence-corrected chi connectivity index (χ3v) is 5.24. The number of ether oxygens (including phenoxy) is 2. The Kier molecular flexibility index (Phi) is 4.47. The highest BCUT2D eigenvalue weighted by Crippen LogP contribution is 2.36. The number of hydrogen-bond donors (Lipinski definition) is 1. The first-order chi connectivity index (χ1) is 14.6. The Balaban J connectivity index is 1.60. The molecule has 30 heavy (non-hydrogen) atoms. The number of fused-ring (bicyclic) bond motifs is 2. The number of hydrogen-bond acceptors (Lipinski definition) is 5. The summed E-state index contributed by atoms with van der Waals surface area (Å²) in [7, 11) is 4.08. The van der Waals surface area contributed by atoms with Crippen LogP contribution in [0, 0.1) is 6.92 Å². The van der Waals surface area contributed by atoms with Gasteiger partial charge < -0.3 is 19.7 Å². The summed E-state index contributed by atoms with van der Waals surface area (Å²) in [6.07, 6.45) is 2.05. The molecule has 3 heterocycles. The second-order valence-corrected chi connectivity index (χ2v) is 7.67. The lowest BCUT2D eigenvalue weighted by atomic mass is 10.1. The molecule has 0 unspecified atom stereocenters. The molecule has 4 aromatic rings. The van der Waals surface area contributed by atoms with E-state index in [0.717, 1.165) is 45.6 Å². The van der Waals surface area contributed by atoms with Crippen LogP contribution in [0.25, 0.3) is 16.9 Å². The van der Waals surface area contributed by atoms with Crippen molar-refractivity contribution in [3.63, 3.8) is 0 Å². The molecule has 1 aliphatic rings. The maximum atomic E-state index is 5.74. The van der Waals surface area contributed by atoms with E-state index in [0.29, 0.717) is 13.2 Å². The minimum atomic E-state index is 0.564. The zero-order chi connectivity index (χ0) is 20.7. The molecular formula is C24H24N4O2. The number of aromatic nitrogens is 2. The molecule has 0 aliphatic carbocycles. The first-order valence-corrected chi connectivity index (χ1v) is 10.0. The van der Waals surface area contributed by atoms with Crippen LogP contribution >= 0.6 is 0 Å². The van der Waals surface area contributed by atoms with Gasteiger partial charge in [-0.2, -0.15) is 0 Å². The van der Waals surface area contributed by atoms with Crippen molar-refractivity contribution in [3.8, 4) is 22.8 Å². The van der Waals surface area contributed by atoms with E-state index in [1.165, 1.54) is 5.56 Å². The van der Waals surface area contributed by atoms with Crippen molar-refractivity contribution in [1.29, 1.82) is 0 Å². The third kappa shape index (κ3) is 3.30. The molecule has 2 aromatic heterocycles. The highest BCUT2D eigenvalue weighted by atomic mass is 16.6. The Bertz CT molecular complexity index is 1210. The summed E-state index contributed by atoms with van der Waals surface area (Å²) in [5, 5.41) is 3.56. The van der Waals surface area contributed by atoms with Gasteiger partial charge in [-0.25, -0.2) is 4.98 Å². The number of pyridine rings is 1. The van der Waals surface area contributed by atoms with Crippen molar-refractivity contribution in [2.24, 2.45) is 0 Å². The second kappa shape index (κ2) is 7.30. The summed E-state index contributed by atoms with van der Waals surface area (Å²) in [6.45, 7) is 3.22. The summed E-state index contributed by atoms with van der Waals surface area (Å²) in [6, 6.07) is 18.5. The quantitative estimate of drug-likeness (QED) is 0.529. The van der Waals surface area contributed by atoms with Crippen molar-refractivity contribution in [2.75, 3.05) is 37.5 Å². The molecule has 0 amide bonds. The summed E-state index contributed by atoms with van der Waals surface area (Å²) >= 11 is 0. The Morgan fingerprint density at radius 1 is 0.933 bits per heavy atom. The van der Waals surface area contributed by atoms with Crippen molar-refractivity contribution in [1.82, 2.24) is 9.38 Å². The van der Waals surface area contributed by atoms with Crippen LogP contribution in [0.5, 0.6) is 11.5 Å². The Hall–Kier alpha value is -3.67. The molecule has 2 aromatic carbocycles. The van der Waals surface area contributed by atoms with Gasteiger partial charge in [0.15, 0.2) is 11.5 Å². The van der Waals surface area contributed by atoms with Crippen LogP contribution in [-0.2, 0) is 0 Å². The number of nitrogens with zero attached hydrogens (tertiary/aromatic N) is 3. The van der Waals surface area contributed by atoms with Gasteiger partial charge in [0.2, 0.25) is 0 Å². The molecule has 0 radical (unpaired) electrons. The maximum Gasteiger partial charge on any atom is 0.163 e. The smallest absolute Gasteiger partial charge is 0.163 e. The largest absolute Gasteiger partial charge is 0.486 e. The fourth-order valence-corrected chi connectivity index (χ4v) is 3.64. The SMILES string of the molecule is Cc1ccn2c(Nc3ccc4c(c3)OCCO4)c(-c3ccc(N(C)C)cc3)nc2c1. The van der Waals surface area contributed by atoms with E-state index in [1.54, 1.807) is 0 Å². The van der Waals surface area contributed by atoms with Gasteiger partial charge in [0.1, 0.15) is 30.4 Å². The molecule has 0 atom stereocenters. The van der Waals surface area contributed by atoms with Gasteiger partial charge in [0.25, 0.3) is 0 Å². The van der Waals surface area contributed by atoms with Crippen molar-refractivity contribution < 1.29 is 9.47 Å². The predicted octanol–water partition coefficient (Wildman–Crippen LogP) is 4.89. The van der Waals surface area contributed by atoms with Gasteiger partial charge in [-0.15, -0.1) is 0 Å². The van der Waals surface area contributed by atoms with Crippen LogP contribution in [-0.4, -0.2) is 36.7 Å². The molecule has 0 saturated heterocycles. The van der Waals surface area contributed by atoms with Crippen molar-refractivity contribution >= 4 is 22.8 Å². The van der Waals surface area contributed by atoms with Crippen LogP contribution in [0.1, 0.15) is 5.56 Å². The van der Waals surface area contributed by atoms with Crippen LogP contribution in [0.3, 0.4) is 0 Å². The molecular weight excluding hydrogens is 376 g/mol. The molecule has 6 nitrogen and oxygen atoms in total. The highest BCUT2D eigenvalue weighted by Gasteiger charge is 2.17. The van der Waals surface area contributed by atoms with Gasteiger partial charge >= 0.3 is 0 Å². The van der Waals surface area contributed by atoms with Gasteiger partial charge in [0, 0.05) is 43.3 Å². The predicted molar refractivity (Wildman–Crippen MR) is 120 cm³/mol. The normalized spacial score (nSPS) is 12.8. The molecule has 5 rings (SSSR count). The zero-order valence-electron chi connectivity index (χ0n) is 17.3. The van der Waals surface area contributed by atoms with Gasteiger partial charge in [-0.1, -0.05) is 12.1 Å². The van der Waals surface area contributed by atoms with E-state index in [-0.39, 0.29) is 0 Å². The first kappa shape index (κ1) is 18.4. The minimum Gasteiger partial charge on any atom is -0.486 e. The first-order valence-electron chi connectivity index (χ1n) is 10.0. The zero-order valence-corrected chi connectivity index (χ0v) is 17.3. The fourth-order valence-electron chi connectivity index (χ4n) is 3.64. The van der Waals surface area contributed by atoms with Crippen molar-refractivity contribution in [3.05, 3.63) is 66.4 Å². The van der Waals surface area contributed by atoms with E-state index < -0.39 is 0 Å². The molecule has 0 bridgehead atoms. The Morgan fingerprint density at radius 2 is 1.70 bits per heavy atom. The average Bonchev–Trinajstić information content (AvgIpc) is 3.11. The number of benzene rings is 2. The minimum absolute atomic E-state index is 0.564. The topological polar surface area (TPSA) is 51.0 Å². The van der Waals surface area contributed by atoms with E-state index in [4.69, 9.17) is 14.5 Å². The number of imidazole rings is 1. The Labute approximate surface area is 175 Å². The molecule has 1 aliphatic heterocycles. The summed E-state index contributed by atoms with van der Waals surface area (Å²) in [5.74, 6) is 2.45. The van der Waals surface area contributed by atoms with E-state index in [2.05, 4.69) is 64.1 Å². The lowest BCUT2D eigenvalue weighted by Crippen LogP contribution is -2.15. The molecule has 1 N–H and O–H groups in total. The van der Waals surface area contributed by atoms with Gasteiger partial charge in [-0.05, 0) is 48.9 Å². The molecule has 0 spiro atoms. The molecule has 0 saturated carbocycles. The number of nitrogens with one attached hydrogen (secondary N) is 1. The monoisotopic (exact) mass is 400 g/mol. The third-order valence-electron chi connectivity index (χ3n) is 5.24. The van der Waals surface area contributed by atoms with Gasteiger partial charge in [-0.3, -0.25) is 4.40 Å². The maximum absolute atomic E-state index is 5.74. The van der Waals surface area contributed by atoms with Crippen LogP contribution in [0.2, 0.25) is 0 Å². The van der Waals surface area contributed by atoms with E-state index in [1.807, 2.05) is 32.3 Å². The molecule has 0 fully saturated rings. The van der Waals surface area contributed by atoms with Crippen molar-refractivity contribution in [2.45, 2.75) is 6.92 Å². The number of rotatable bonds is 4. The molecule has 152 valence electrons. The summed E-state index contributed by atoms with van der Waals surface area (Å²) < 4.78 is 13.5. The van der Waals surface area contributed by atoms with Gasteiger partial charge in [0.05, 0.1) is 0 Å². The van der Waals surface area contributed by atoms with Crippen LogP contribution in [0.4, 0.5) is 17.2 Å². The summed E-state index contributed by atoms with van der Waals surface area (Å²) in [4.78, 5) is 7.02.